The minimum Gasteiger partial charge on any atom is -0.487 e. The molecule has 0 aliphatic carbocycles. The highest BCUT2D eigenvalue weighted by molar-refractivity contribution is 6.32. The van der Waals surface area contributed by atoms with Gasteiger partial charge in [-0.05, 0) is 59.5 Å². The molecule has 0 spiro atoms. The number of benzene rings is 3. The van der Waals surface area contributed by atoms with Gasteiger partial charge < -0.3 is 49.8 Å². The van der Waals surface area contributed by atoms with Gasteiger partial charge in [0.05, 0.1) is 23.4 Å². The van der Waals surface area contributed by atoms with E-state index < -0.39 is 31.0 Å². The van der Waals surface area contributed by atoms with E-state index in [4.69, 9.17) is 35.7 Å². The van der Waals surface area contributed by atoms with Crippen LogP contribution in [0.2, 0.25) is 5.02 Å². The Bertz CT molecular complexity index is 1620. The van der Waals surface area contributed by atoms with E-state index in [-0.39, 0.29) is 26.3 Å². The Labute approximate surface area is 277 Å². The van der Waals surface area contributed by atoms with E-state index >= 15 is 0 Å². The fourth-order valence-electron chi connectivity index (χ4n) is 5.15. The van der Waals surface area contributed by atoms with Crippen LogP contribution >= 0.6 is 11.6 Å². The molecular weight excluding hydrogens is 628 g/mol. The van der Waals surface area contributed by atoms with Gasteiger partial charge in [0.15, 0.2) is 11.5 Å². The summed E-state index contributed by atoms with van der Waals surface area (Å²) in [6.07, 6.45) is -4.74. The number of nitrogens with zero attached hydrogens (tertiary/aromatic N) is 1. The summed E-state index contributed by atoms with van der Waals surface area (Å²) in [5, 5.41) is 52.3. The Kier molecular flexibility index (Phi) is 11.9. The SMILES string of the molecule is Cc1c(COc2cc(OCc3ccccn3)c(CNC[C@H](O)[C@@H](O)[C@H](O)[C@H](O)CO)cc2Cl)cccc1-c1ccc2c(c1)OCCO2. The number of rotatable bonds is 15. The average Bonchev–Trinajstić information content (AvgIpc) is 3.10. The zero-order valence-corrected chi connectivity index (χ0v) is 26.6. The van der Waals surface area contributed by atoms with Crippen molar-refractivity contribution in [2.45, 2.75) is 51.1 Å². The third-order valence-electron chi connectivity index (χ3n) is 7.89. The molecule has 5 rings (SSSR count). The molecule has 1 aromatic heterocycles. The van der Waals surface area contributed by atoms with Crippen LogP contribution in [0.25, 0.3) is 11.1 Å². The highest BCUT2D eigenvalue weighted by Crippen LogP contribution is 2.37. The maximum atomic E-state index is 10.3. The summed E-state index contributed by atoms with van der Waals surface area (Å²) in [6, 6.07) is 20.9. The monoisotopic (exact) mass is 666 g/mol. The Balaban J connectivity index is 1.31. The molecule has 1 aliphatic rings. The predicted molar refractivity (Wildman–Crippen MR) is 175 cm³/mol. The molecule has 0 saturated heterocycles. The number of ether oxygens (including phenoxy) is 4. The molecule has 0 saturated carbocycles. The van der Waals surface area contributed by atoms with Crippen molar-refractivity contribution in [3.8, 4) is 34.1 Å². The lowest BCUT2D eigenvalue weighted by Gasteiger charge is -2.26. The van der Waals surface area contributed by atoms with Crippen molar-refractivity contribution in [1.29, 1.82) is 0 Å². The van der Waals surface area contributed by atoms with Crippen molar-refractivity contribution in [3.05, 3.63) is 100 Å². The zero-order chi connectivity index (χ0) is 33.3. The summed E-state index contributed by atoms with van der Waals surface area (Å²) in [7, 11) is 0. The van der Waals surface area contributed by atoms with Crippen LogP contribution in [0.1, 0.15) is 22.4 Å². The molecule has 1 aliphatic heterocycles. The van der Waals surface area contributed by atoms with Gasteiger partial charge in [-0.15, -0.1) is 0 Å². The molecule has 6 N–H and O–H groups in total. The molecule has 0 bridgehead atoms. The molecule has 4 aromatic rings. The quantitative estimate of drug-likeness (QED) is 0.111. The van der Waals surface area contributed by atoms with Crippen LogP contribution in [0.3, 0.4) is 0 Å². The third-order valence-corrected chi connectivity index (χ3v) is 8.19. The normalized spacial score (nSPS) is 15.0. The van der Waals surface area contributed by atoms with E-state index in [1.54, 1.807) is 18.3 Å². The first-order valence-corrected chi connectivity index (χ1v) is 15.6. The van der Waals surface area contributed by atoms with E-state index in [0.717, 1.165) is 33.8 Å². The highest BCUT2D eigenvalue weighted by atomic mass is 35.5. The second kappa shape index (κ2) is 16.2. The Hall–Kier alpha value is -3.94. The first-order chi connectivity index (χ1) is 22.7. The van der Waals surface area contributed by atoms with Gasteiger partial charge in [-0.2, -0.15) is 0 Å². The van der Waals surface area contributed by atoms with Gasteiger partial charge in [0.25, 0.3) is 0 Å². The summed E-state index contributed by atoms with van der Waals surface area (Å²) in [5.41, 5.74) is 5.42. The molecule has 0 unspecified atom stereocenters. The summed E-state index contributed by atoms with van der Waals surface area (Å²) in [4.78, 5) is 4.31. The Morgan fingerprint density at radius 2 is 1.60 bits per heavy atom. The summed E-state index contributed by atoms with van der Waals surface area (Å²) in [5.74, 6) is 2.33. The molecule has 2 heterocycles. The summed E-state index contributed by atoms with van der Waals surface area (Å²) >= 11 is 6.68. The average molecular weight is 667 g/mol. The fourth-order valence-corrected chi connectivity index (χ4v) is 5.39. The second-order valence-corrected chi connectivity index (χ2v) is 11.6. The number of aliphatic hydroxyl groups excluding tert-OH is 5. The van der Waals surface area contributed by atoms with E-state index in [1.165, 1.54) is 0 Å². The molecule has 0 radical (unpaired) electrons. The molecule has 3 aromatic carbocycles. The lowest BCUT2D eigenvalue weighted by molar-refractivity contribution is -0.114. The lowest BCUT2D eigenvalue weighted by atomic mass is 9.96. The number of aromatic nitrogens is 1. The molecular formula is C35H39ClN2O9. The summed E-state index contributed by atoms with van der Waals surface area (Å²) in [6.45, 7) is 2.79. The number of nitrogens with one attached hydrogen (secondary N) is 1. The lowest BCUT2D eigenvalue weighted by Crippen LogP contribution is -2.48. The number of halogens is 1. The van der Waals surface area contributed by atoms with Crippen LogP contribution < -0.4 is 24.3 Å². The van der Waals surface area contributed by atoms with E-state index in [0.29, 0.717) is 41.0 Å². The minimum absolute atomic E-state index is 0.134. The molecule has 250 valence electrons. The van der Waals surface area contributed by atoms with Crippen molar-refractivity contribution in [3.63, 3.8) is 0 Å². The first-order valence-electron chi connectivity index (χ1n) is 15.3. The number of fused-ring (bicyclic) bond motifs is 1. The van der Waals surface area contributed by atoms with E-state index in [9.17, 15) is 20.4 Å². The topological polar surface area (TPSA) is 163 Å². The maximum Gasteiger partial charge on any atom is 0.161 e. The van der Waals surface area contributed by atoms with Gasteiger partial charge in [0.2, 0.25) is 0 Å². The van der Waals surface area contributed by atoms with Crippen LogP contribution in [-0.2, 0) is 19.8 Å². The fraction of sp³-hybridized carbons (Fsp3) is 0.343. The van der Waals surface area contributed by atoms with Crippen LogP contribution in [0.4, 0.5) is 0 Å². The molecule has 0 fully saturated rings. The Morgan fingerprint density at radius 3 is 2.36 bits per heavy atom. The first kappa shape index (κ1) is 34.4. The second-order valence-electron chi connectivity index (χ2n) is 11.2. The van der Waals surface area contributed by atoms with Crippen molar-refractivity contribution < 1.29 is 44.5 Å². The summed E-state index contributed by atoms with van der Waals surface area (Å²) < 4.78 is 23.8. The van der Waals surface area contributed by atoms with Crippen LogP contribution in [0, 0.1) is 6.92 Å². The van der Waals surface area contributed by atoms with Crippen molar-refractivity contribution >= 4 is 11.6 Å². The van der Waals surface area contributed by atoms with Crippen LogP contribution in [0.15, 0.2) is 72.9 Å². The van der Waals surface area contributed by atoms with Gasteiger partial charge in [-0.3, -0.25) is 4.98 Å². The number of aliphatic hydroxyl groups is 5. The molecule has 0 amide bonds. The Morgan fingerprint density at radius 1 is 0.830 bits per heavy atom. The zero-order valence-electron chi connectivity index (χ0n) is 25.9. The van der Waals surface area contributed by atoms with Crippen molar-refractivity contribution in [2.24, 2.45) is 0 Å². The smallest absolute Gasteiger partial charge is 0.161 e. The minimum atomic E-state index is -1.72. The van der Waals surface area contributed by atoms with Gasteiger partial charge >= 0.3 is 0 Å². The van der Waals surface area contributed by atoms with Crippen molar-refractivity contribution in [1.82, 2.24) is 10.3 Å². The highest BCUT2D eigenvalue weighted by Gasteiger charge is 2.29. The van der Waals surface area contributed by atoms with Crippen LogP contribution in [0.5, 0.6) is 23.0 Å². The standard InChI is InChI=1S/C35H39ClN2O9/c1-21-23(5-4-7-26(21)22-8-9-30-33(14-22)45-12-11-44-30)19-46-32-15-31(47-20-25-6-2-3-10-38-25)24(13-27(32)36)16-37-17-28(40)34(42)35(43)29(41)18-39/h2-10,13-15,28-29,34-35,37,39-43H,11-12,16-20H2,1H3/t28-,29+,34+,35+/m0/s1. The van der Waals surface area contributed by atoms with E-state index in [2.05, 4.69) is 10.3 Å². The number of hydrogen-bond donors (Lipinski definition) is 6. The largest absolute Gasteiger partial charge is 0.487 e. The molecule has 4 atom stereocenters. The molecule has 11 nitrogen and oxygen atoms in total. The van der Waals surface area contributed by atoms with Gasteiger partial charge in [0, 0.05) is 30.9 Å². The van der Waals surface area contributed by atoms with Crippen molar-refractivity contribution in [2.75, 3.05) is 26.4 Å². The predicted octanol–water partition coefficient (Wildman–Crippen LogP) is 3.17. The molecule has 12 heteroatoms. The third kappa shape index (κ3) is 8.70. The van der Waals surface area contributed by atoms with E-state index in [1.807, 2.05) is 61.5 Å². The number of pyridine rings is 1. The van der Waals surface area contributed by atoms with Gasteiger partial charge in [-0.1, -0.05) is 41.9 Å². The van der Waals surface area contributed by atoms with Crippen LogP contribution in [-0.4, -0.2) is 81.3 Å². The van der Waals surface area contributed by atoms with Gasteiger partial charge in [-0.25, -0.2) is 0 Å². The maximum absolute atomic E-state index is 10.3. The van der Waals surface area contributed by atoms with Gasteiger partial charge in [0.1, 0.15) is 56.2 Å². The number of hydrogen-bond acceptors (Lipinski definition) is 11. The molecule has 47 heavy (non-hydrogen) atoms.